The standard InChI is InChI=1S/C22H23ClN2O2/c1-15-7-8-17(13-20(15)24)21(26)25-19-6-3-10-22(27,14-19)11-9-16-4-2-5-18(23)12-16/h2,4-5,7-8,12-13,19,27H,3,6,10,14,24H2,1H3,(H,25,26). The first-order valence-electron chi connectivity index (χ1n) is 9.03. The third kappa shape index (κ3) is 5.03. The number of halogens is 1. The number of nitrogens with one attached hydrogen (secondary N) is 1. The molecule has 3 rings (SSSR count). The summed E-state index contributed by atoms with van der Waals surface area (Å²) in [4.78, 5) is 12.5. The maximum absolute atomic E-state index is 12.5. The summed E-state index contributed by atoms with van der Waals surface area (Å²) in [6.07, 6.45) is 2.59. The van der Waals surface area contributed by atoms with Crippen LogP contribution in [-0.2, 0) is 0 Å². The molecular formula is C22H23ClN2O2. The first-order valence-corrected chi connectivity index (χ1v) is 9.41. The molecule has 5 heteroatoms. The Balaban J connectivity index is 1.68. The predicted molar refractivity (Wildman–Crippen MR) is 109 cm³/mol. The topological polar surface area (TPSA) is 75.3 Å². The molecule has 140 valence electrons. The second kappa shape index (κ2) is 8.04. The number of carbonyl (C=O) groups is 1. The van der Waals surface area contributed by atoms with Crippen LogP contribution in [0.3, 0.4) is 0 Å². The first-order chi connectivity index (χ1) is 12.8. The molecule has 0 bridgehead atoms. The van der Waals surface area contributed by atoms with E-state index in [-0.39, 0.29) is 11.9 Å². The van der Waals surface area contributed by atoms with Crippen molar-refractivity contribution in [2.75, 3.05) is 5.73 Å². The molecule has 4 nitrogen and oxygen atoms in total. The van der Waals surface area contributed by atoms with Gasteiger partial charge in [-0.15, -0.1) is 0 Å². The Morgan fingerprint density at radius 1 is 1.33 bits per heavy atom. The van der Waals surface area contributed by atoms with Gasteiger partial charge in [0.05, 0.1) is 0 Å². The highest BCUT2D eigenvalue weighted by atomic mass is 35.5. The van der Waals surface area contributed by atoms with Gasteiger partial charge in [0.1, 0.15) is 5.60 Å². The van der Waals surface area contributed by atoms with Crippen LogP contribution in [0.15, 0.2) is 42.5 Å². The lowest BCUT2D eigenvalue weighted by atomic mass is 9.82. The van der Waals surface area contributed by atoms with Crippen LogP contribution in [-0.4, -0.2) is 22.7 Å². The van der Waals surface area contributed by atoms with Crippen LogP contribution < -0.4 is 11.1 Å². The van der Waals surface area contributed by atoms with Crippen molar-refractivity contribution in [2.45, 2.75) is 44.2 Å². The summed E-state index contributed by atoms with van der Waals surface area (Å²) in [6, 6.07) is 12.4. The van der Waals surface area contributed by atoms with Gasteiger partial charge in [0.15, 0.2) is 0 Å². The van der Waals surface area contributed by atoms with E-state index in [9.17, 15) is 9.90 Å². The number of nitrogen functional groups attached to an aromatic ring is 1. The molecule has 0 aromatic heterocycles. The van der Waals surface area contributed by atoms with Gasteiger partial charge in [0, 0.05) is 34.3 Å². The van der Waals surface area contributed by atoms with Gasteiger partial charge in [0.2, 0.25) is 0 Å². The Hall–Kier alpha value is -2.48. The molecule has 1 aliphatic rings. The Kier molecular flexibility index (Phi) is 5.74. The fourth-order valence-corrected chi connectivity index (χ4v) is 3.48. The molecule has 1 fully saturated rings. The van der Waals surface area contributed by atoms with Crippen LogP contribution in [0.5, 0.6) is 0 Å². The number of carbonyl (C=O) groups excluding carboxylic acids is 1. The third-order valence-electron chi connectivity index (χ3n) is 4.87. The van der Waals surface area contributed by atoms with E-state index in [1.807, 2.05) is 25.1 Å². The number of nitrogens with two attached hydrogens (primary N) is 1. The van der Waals surface area contributed by atoms with Crippen LogP contribution >= 0.6 is 11.6 Å². The van der Waals surface area contributed by atoms with Crippen LogP contribution in [0.4, 0.5) is 5.69 Å². The molecule has 0 spiro atoms. The summed E-state index contributed by atoms with van der Waals surface area (Å²) in [6.45, 7) is 1.90. The molecule has 4 N–H and O–H groups in total. The minimum absolute atomic E-state index is 0.132. The lowest BCUT2D eigenvalue weighted by Crippen LogP contribution is -2.45. The second-order valence-corrected chi connectivity index (χ2v) is 7.57. The Labute approximate surface area is 164 Å². The van der Waals surface area contributed by atoms with Crippen LogP contribution in [0.2, 0.25) is 5.02 Å². The van der Waals surface area contributed by atoms with E-state index in [0.717, 1.165) is 24.0 Å². The fourth-order valence-electron chi connectivity index (χ4n) is 3.29. The molecular weight excluding hydrogens is 360 g/mol. The molecule has 2 aromatic carbocycles. The Morgan fingerprint density at radius 3 is 2.89 bits per heavy atom. The van der Waals surface area contributed by atoms with Gasteiger partial charge in [-0.25, -0.2) is 0 Å². The maximum atomic E-state index is 12.5. The van der Waals surface area contributed by atoms with Gasteiger partial charge in [-0.2, -0.15) is 0 Å². The minimum atomic E-state index is -1.12. The number of anilines is 1. The van der Waals surface area contributed by atoms with Crippen molar-refractivity contribution >= 4 is 23.2 Å². The summed E-state index contributed by atoms with van der Waals surface area (Å²) in [5, 5.41) is 14.5. The minimum Gasteiger partial charge on any atom is -0.398 e. The normalized spacial score (nSPS) is 21.8. The maximum Gasteiger partial charge on any atom is 0.251 e. The first kappa shape index (κ1) is 19.3. The van der Waals surface area contributed by atoms with E-state index < -0.39 is 5.60 Å². The van der Waals surface area contributed by atoms with Crippen molar-refractivity contribution in [1.82, 2.24) is 5.32 Å². The van der Waals surface area contributed by atoms with Gasteiger partial charge in [-0.3, -0.25) is 4.79 Å². The zero-order valence-corrected chi connectivity index (χ0v) is 16.0. The molecule has 2 unspecified atom stereocenters. The zero-order chi connectivity index (χ0) is 19.4. The molecule has 0 aliphatic heterocycles. The number of hydrogen-bond acceptors (Lipinski definition) is 3. The number of benzene rings is 2. The van der Waals surface area contributed by atoms with Gasteiger partial charge < -0.3 is 16.2 Å². The molecule has 2 atom stereocenters. The highest BCUT2D eigenvalue weighted by molar-refractivity contribution is 6.30. The van der Waals surface area contributed by atoms with Gasteiger partial charge in [-0.1, -0.05) is 35.6 Å². The lowest BCUT2D eigenvalue weighted by Gasteiger charge is -2.33. The van der Waals surface area contributed by atoms with Crippen molar-refractivity contribution in [3.63, 3.8) is 0 Å². The van der Waals surface area contributed by atoms with Crippen molar-refractivity contribution in [1.29, 1.82) is 0 Å². The average molecular weight is 383 g/mol. The highest BCUT2D eigenvalue weighted by Gasteiger charge is 2.33. The van der Waals surface area contributed by atoms with Crippen LogP contribution in [0, 0.1) is 18.8 Å². The number of aliphatic hydroxyl groups is 1. The second-order valence-electron chi connectivity index (χ2n) is 7.13. The Bertz CT molecular complexity index is 916. The van der Waals surface area contributed by atoms with Crippen molar-refractivity contribution in [2.24, 2.45) is 0 Å². The molecule has 0 saturated heterocycles. The fraction of sp³-hybridized carbons (Fsp3) is 0.318. The molecule has 0 heterocycles. The summed E-state index contributed by atoms with van der Waals surface area (Å²) < 4.78 is 0. The number of rotatable bonds is 2. The average Bonchev–Trinajstić information content (AvgIpc) is 2.62. The number of hydrogen-bond donors (Lipinski definition) is 3. The molecule has 0 radical (unpaired) electrons. The van der Waals surface area contributed by atoms with Gasteiger partial charge >= 0.3 is 0 Å². The zero-order valence-electron chi connectivity index (χ0n) is 15.3. The highest BCUT2D eigenvalue weighted by Crippen LogP contribution is 2.28. The molecule has 2 aromatic rings. The SMILES string of the molecule is Cc1ccc(C(=O)NC2CCCC(O)(C#Cc3cccc(Cl)c3)C2)cc1N. The van der Waals surface area contributed by atoms with Crippen LogP contribution in [0.1, 0.15) is 47.2 Å². The van der Waals surface area contributed by atoms with E-state index in [1.54, 1.807) is 24.3 Å². The molecule has 27 heavy (non-hydrogen) atoms. The largest absolute Gasteiger partial charge is 0.398 e. The van der Waals surface area contributed by atoms with E-state index >= 15 is 0 Å². The van der Waals surface area contributed by atoms with Crippen molar-refractivity contribution in [3.8, 4) is 11.8 Å². The third-order valence-corrected chi connectivity index (χ3v) is 5.10. The Morgan fingerprint density at radius 2 is 2.15 bits per heavy atom. The predicted octanol–water partition coefficient (Wildman–Crippen LogP) is 3.69. The monoisotopic (exact) mass is 382 g/mol. The summed E-state index contributed by atoms with van der Waals surface area (Å²) in [5.74, 6) is 5.80. The molecule has 1 saturated carbocycles. The van der Waals surface area contributed by atoms with E-state index in [4.69, 9.17) is 17.3 Å². The van der Waals surface area contributed by atoms with Gasteiger partial charge in [0.25, 0.3) is 5.91 Å². The van der Waals surface area contributed by atoms with Gasteiger partial charge in [-0.05, 0) is 62.1 Å². The molecule has 1 aliphatic carbocycles. The number of amides is 1. The quantitative estimate of drug-likeness (QED) is 0.547. The lowest BCUT2D eigenvalue weighted by molar-refractivity contribution is 0.0452. The summed E-state index contributed by atoms with van der Waals surface area (Å²) in [5.41, 5.74) is 7.59. The summed E-state index contributed by atoms with van der Waals surface area (Å²) >= 11 is 5.97. The van der Waals surface area contributed by atoms with E-state index in [2.05, 4.69) is 17.2 Å². The van der Waals surface area contributed by atoms with E-state index in [1.165, 1.54) is 0 Å². The van der Waals surface area contributed by atoms with E-state index in [0.29, 0.717) is 29.1 Å². The van der Waals surface area contributed by atoms with Crippen LogP contribution in [0.25, 0.3) is 0 Å². The van der Waals surface area contributed by atoms with Crippen molar-refractivity contribution in [3.05, 3.63) is 64.2 Å². The van der Waals surface area contributed by atoms with Crippen molar-refractivity contribution < 1.29 is 9.90 Å². The smallest absolute Gasteiger partial charge is 0.251 e. The summed E-state index contributed by atoms with van der Waals surface area (Å²) in [7, 11) is 0. The number of aryl methyl sites for hydroxylation is 1. The molecule has 1 amide bonds.